The molecule has 2 saturated heterocycles. The quantitative estimate of drug-likeness (QED) is 0.844. The van der Waals surface area contributed by atoms with Crippen molar-refractivity contribution in [3.8, 4) is 0 Å². The summed E-state index contributed by atoms with van der Waals surface area (Å²) in [4.78, 5) is 35.7. The minimum Gasteiger partial charge on any atom is -0.359 e. The Labute approximate surface area is 127 Å². The van der Waals surface area contributed by atoms with Gasteiger partial charge in [-0.25, -0.2) is 9.97 Å². The molecule has 2 fully saturated rings. The van der Waals surface area contributed by atoms with Gasteiger partial charge in [0.05, 0.1) is 29.4 Å². The molecule has 0 saturated carbocycles. The number of likely N-dealkylation sites (tertiary alicyclic amines) is 1. The second kappa shape index (κ2) is 5.48. The molecule has 0 bridgehead atoms. The average Bonchev–Trinajstić information content (AvgIpc) is 2.80. The lowest BCUT2D eigenvalue weighted by molar-refractivity contribution is -0.130. The van der Waals surface area contributed by atoms with Crippen molar-refractivity contribution in [3.05, 3.63) is 17.4 Å². The number of amides is 2. The maximum Gasteiger partial charge on any atom is 0.225 e. The highest BCUT2D eigenvalue weighted by molar-refractivity contribution is 6.30. The van der Waals surface area contributed by atoms with Gasteiger partial charge in [-0.1, -0.05) is 11.6 Å². The molecule has 1 unspecified atom stereocenters. The van der Waals surface area contributed by atoms with Crippen LogP contribution in [0.4, 0.5) is 5.95 Å². The van der Waals surface area contributed by atoms with Crippen LogP contribution in [0.5, 0.6) is 0 Å². The smallest absolute Gasteiger partial charge is 0.225 e. The Kier molecular flexibility index (Phi) is 3.67. The van der Waals surface area contributed by atoms with E-state index in [9.17, 15) is 9.59 Å². The number of nitrogens with one attached hydrogen (secondary N) is 1. The monoisotopic (exact) mass is 309 g/mol. The number of nitrogens with zero attached hydrogens (tertiary/aromatic N) is 4. The first-order chi connectivity index (χ1) is 10.1. The molecule has 2 aliphatic rings. The predicted molar refractivity (Wildman–Crippen MR) is 76.9 cm³/mol. The van der Waals surface area contributed by atoms with E-state index in [0.717, 1.165) is 0 Å². The minimum atomic E-state index is -0.233. The zero-order valence-corrected chi connectivity index (χ0v) is 12.4. The van der Waals surface area contributed by atoms with E-state index in [2.05, 4.69) is 15.3 Å². The highest BCUT2D eigenvalue weighted by Gasteiger charge is 2.42. The fourth-order valence-electron chi connectivity index (χ4n) is 2.75. The summed E-state index contributed by atoms with van der Waals surface area (Å²) in [5.74, 6) is 0.363. The van der Waals surface area contributed by atoms with Gasteiger partial charge >= 0.3 is 0 Å². The molecule has 0 aromatic carbocycles. The summed E-state index contributed by atoms with van der Waals surface area (Å²) in [7, 11) is 1.60. The number of rotatable bonds is 3. The summed E-state index contributed by atoms with van der Waals surface area (Å²) in [5.41, 5.74) is 0. The van der Waals surface area contributed by atoms with Gasteiger partial charge in [0.15, 0.2) is 0 Å². The Morgan fingerprint density at radius 2 is 2.00 bits per heavy atom. The van der Waals surface area contributed by atoms with Crippen molar-refractivity contribution in [2.45, 2.75) is 12.5 Å². The second-order valence-corrected chi connectivity index (χ2v) is 5.76. The van der Waals surface area contributed by atoms with Crippen LogP contribution < -0.4 is 10.2 Å². The molecule has 0 aliphatic carbocycles. The molecule has 3 heterocycles. The van der Waals surface area contributed by atoms with Crippen molar-refractivity contribution in [3.63, 3.8) is 0 Å². The number of carbonyl (C=O) groups is 2. The second-order valence-electron chi connectivity index (χ2n) is 5.32. The predicted octanol–water partition coefficient (Wildman–Crippen LogP) is -0.0869. The van der Waals surface area contributed by atoms with Gasteiger partial charge in [0, 0.05) is 33.1 Å². The van der Waals surface area contributed by atoms with Crippen LogP contribution in [0.15, 0.2) is 12.4 Å². The van der Waals surface area contributed by atoms with Crippen LogP contribution in [-0.2, 0) is 9.59 Å². The number of carbonyl (C=O) groups excluding carboxylic acids is 2. The van der Waals surface area contributed by atoms with Crippen LogP contribution in [0.25, 0.3) is 0 Å². The van der Waals surface area contributed by atoms with Crippen molar-refractivity contribution in [1.29, 1.82) is 0 Å². The topological polar surface area (TPSA) is 78.4 Å². The van der Waals surface area contributed by atoms with Gasteiger partial charge in [-0.2, -0.15) is 0 Å². The van der Waals surface area contributed by atoms with E-state index in [4.69, 9.17) is 11.6 Å². The lowest BCUT2D eigenvalue weighted by atomic mass is 10.1. The van der Waals surface area contributed by atoms with Crippen LogP contribution in [0.3, 0.4) is 0 Å². The molecule has 21 heavy (non-hydrogen) atoms. The van der Waals surface area contributed by atoms with Crippen molar-refractivity contribution in [2.75, 3.05) is 31.6 Å². The maximum atomic E-state index is 12.0. The summed E-state index contributed by atoms with van der Waals surface area (Å²) < 4.78 is 0. The van der Waals surface area contributed by atoms with E-state index in [0.29, 0.717) is 37.0 Å². The lowest BCUT2D eigenvalue weighted by Gasteiger charge is -2.43. The average molecular weight is 310 g/mol. The normalized spacial score (nSPS) is 22.4. The molecule has 2 amide bonds. The summed E-state index contributed by atoms with van der Waals surface area (Å²) in [5, 5.41) is 3.10. The molecular weight excluding hydrogens is 294 g/mol. The Bertz CT molecular complexity index is 558. The van der Waals surface area contributed by atoms with Crippen molar-refractivity contribution in [2.24, 2.45) is 5.92 Å². The molecule has 0 spiro atoms. The molecule has 1 N–H and O–H groups in total. The third-order valence-corrected chi connectivity index (χ3v) is 4.16. The van der Waals surface area contributed by atoms with Crippen molar-refractivity contribution >= 4 is 29.4 Å². The van der Waals surface area contributed by atoms with E-state index in [-0.39, 0.29) is 23.8 Å². The standard InChI is InChI=1S/C13H16ClN5O2/c1-15-12(21)8-2-11(20)19(5-8)10-6-18(7-10)13-16-3-9(14)4-17-13/h3-4,8,10H,2,5-7H2,1H3,(H,15,21). The SMILES string of the molecule is CNC(=O)C1CC(=O)N(C2CN(c3ncc(Cl)cn3)C2)C1. The maximum absolute atomic E-state index is 12.0. The van der Waals surface area contributed by atoms with Gasteiger partial charge in [0.25, 0.3) is 0 Å². The molecule has 7 nitrogen and oxygen atoms in total. The molecule has 3 rings (SSSR count). The van der Waals surface area contributed by atoms with Crippen LogP contribution >= 0.6 is 11.6 Å². The van der Waals surface area contributed by atoms with Crippen molar-refractivity contribution < 1.29 is 9.59 Å². The Hall–Kier alpha value is -1.89. The molecule has 1 aromatic rings. The number of aromatic nitrogens is 2. The Morgan fingerprint density at radius 1 is 1.33 bits per heavy atom. The molecule has 112 valence electrons. The Balaban J connectivity index is 1.58. The van der Waals surface area contributed by atoms with Gasteiger partial charge in [-0.05, 0) is 0 Å². The van der Waals surface area contributed by atoms with Crippen LogP contribution in [-0.4, -0.2) is 59.4 Å². The van der Waals surface area contributed by atoms with Gasteiger partial charge < -0.3 is 15.1 Å². The van der Waals surface area contributed by atoms with Gasteiger partial charge in [0.1, 0.15) is 0 Å². The first-order valence-electron chi connectivity index (χ1n) is 6.82. The van der Waals surface area contributed by atoms with E-state index < -0.39 is 0 Å². The number of hydrogen-bond donors (Lipinski definition) is 1. The first-order valence-corrected chi connectivity index (χ1v) is 7.20. The largest absolute Gasteiger partial charge is 0.359 e. The van der Waals surface area contributed by atoms with Gasteiger partial charge in [0.2, 0.25) is 17.8 Å². The molecule has 1 aromatic heterocycles. The zero-order chi connectivity index (χ0) is 15.0. The summed E-state index contributed by atoms with van der Waals surface area (Å²) in [6, 6.07) is 0.131. The molecule has 2 aliphatic heterocycles. The van der Waals surface area contributed by atoms with Gasteiger partial charge in [-0.15, -0.1) is 0 Å². The first kappa shape index (κ1) is 14.1. The minimum absolute atomic E-state index is 0.0466. The third-order valence-electron chi connectivity index (χ3n) is 3.97. The van der Waals surface area contributed by atoms with E-state index in [1.165, 1.54) is 0 Å². The van der Waals surface area contributed by atoms with Gasteiger partial charge in [-0.3, -0.25) is 9.59 Å². The molecular formula is C13H16ClN5O2. The highest BCUT2D eigenvalue weighted by atomic mass is 35.5. The van der Waals surface area contributed by atoms with Crippen molar-refractivity contribution in [1.82, 2.24) is 20.2 Å². The van der Waals surface area contributed by atoms with E-state index in [1.54, 1.807) is 24.3 Å². The zero-order valence-electron chi connectivity index (χ0n) is 11.6. The summed E-state index contributed by atoms with van der Waals surface area (Å²) in [6.07, 6.45) is 3.41. The lowest BCUT2D eigenvalue weighted by Crippen LogP contribution is -2.60. The Morgan fingerprint density at radius 3 is 2.62 bits per heavy atom. The fraction of sp³-hybridized carbons (Fsp3) is 0.538. The summed E-state index contributed by atoms with van der Waals surface area (Å²) in [6.45, 7) is 1.88. The van der Waals surface area contributed by atoms with E-state index >= 15 is 0 Å². The van der Waals surface area contributed by atoms with E-state index in [1.807, 2.05) is 4.90 Å². The van der Waals surface area contributed by atoms with Crippen LogP contribution in [0.1, 0.15) is 6.42 Å². The third kappa shape index (κ3) is 2.65. The molecule has 0 radical (unpaired) electrons. The summed E-state index contributed by atoms with van der Waals surface area (Å²) >= 11 is 5.75. The van der Waals surface area contributed by atoms with Crippen LogP contribution in [0.2, 0.25) is 5.02 Å². The number of hydrogen-bond acceptors (Lipinski definition) is 5. The highest BCUT2D eigenvalue weighted by Crippen LogP contribution is 2.27. The fourth-order valence-corrected chi connectivity index (χ4v) is 2.85. The molecule has 8 heteroatoms. The molecule has 1 atom stereocenters. The number of halogens is 1. The van der Waals surface area contributed by atoms with Crippen LogP contribution in [0, 0.1) is 5.92 Å². The number of anilines is 1.